The monoisotopic (exact) mass is 312 g/mol. The fourth-order valence-electron chi connectivity index (χ4n) is 2.43. The molecule has 0 bridgehead atoms. The van der Waals surface area contributed by atoms with E-state index in [4.69, 9.17) is 4.98 Å². The first-order valence-electron chi connectivity index (χ1n) is 7.65. The number of hydrogen-bond acceptors (Lipinski definition) is 2. The summed E-state index contributed by atoms with van der Waals surface area (Å²) in [5.41, 5.74) is 3.61. The van der Waals surface area contributed by atoms with Gasteiger partial charge in [-0.15, -0.1) is 0 Å². The van der Waals surface area contributed by atoms with Gasteiger partial charge in [-0.1, -0.05) is 54.2 Å². The minimum absolute atomic E-state index is 0.874. The van der Waals surface area contributed by atoms with Gasteiger partial charge in [-0.3, -0.25) is 0 Å². The van der Waals surface area contributed by atoms with Crippen LogP contribution in [0.5, 0.6) is 0 Å². The average Bonchev–Trinajstić information content (AvgIpc) is 2.86. The van der Waals surface area contributed by atoms with Crippen LogP contribution in [0.15, 0.2) is 59.8 Å². The van der Waals surface area contributed by atoms with Crippen LogP contribution in [-0.2, 0) is 6.54 Å². The lowest BCUT2D eigenvalue weighted by atomic mass is 10.2. The summed E-state index contributed by atoms with van der Waals surface area (Å²) < 4.78 is 2.33. The first-order valence-corrected chi connectivity index (χ1v) is 8.63. The molecule has 0 saturated heterocycles. The van der Waals surface area contributed by atoms with E-state index < -0.39 is 0 Å². The van der Waals surface area contributed by atoms with Gasteiger partial charge >= 0.3 is 0 Å². The highest BCUT2D eigenvalue weighted by atomic mass is 32.2. The number of hydrogen-bond donors (Lipinski definition) is 1. The predicted octanol–water partition coefficient (Wildman–Crippen LogP) is 2.32. The molecule has 3 rings (SSSR count). The Kier molecular flexibility index (Phi) is 4.80. The van der Waals surface area contributed by atoms with E-state index in [1.807, 2.05) is 11.8 Å². The van der Waals surface area contributed by atoms with Crippen LogP contribution in [0.4, 0.5) is 0 Å². The van der Waals surface area contributed by atoms with Crippen molar-refractivity contribution in [2.75, 3.05) is 26.4 Å². The van der Waals surface area contributed by atoms with Gasteiger partial charge in [0.1, 0.15) is 0 Å². The molecule has 3 nitrogen and oxygen atoms in total. The predicted molar refractivity (Wildman–Crippen MR) is 93.7 cm³/mol. The summed E-state index contributed by atoms with van der Waals surface area (Å²) in [6, 6.07) is 19.0. The van der Waals surface area contributed by atoms with Crippen LogP contribution in [0.25, 0.3) is 11.0 Å². The van der Waals surface area contributed by atoms with Crippen LogP contribution >= 0.6 is 11.8 Å². The molecule has 1 heterocycles. The Bertz CT molecular complexity index is 734. The summed E-state index contributed by atoms with van der Waals surface area (Å²) in [6.45, 7) is 2.01. The summed E-state index contributed by atoms with van der Waals surface area (Å²) in [7, 11) is 4.38. The second kappa shape index (κ2) is 6.99. The third-order valence-corrected chi connectivity index (χ3v) is 4.61. The number of rotatable bonds is 6. The largest absolute Gasteiger partial charge is 0.339 e. The molecule has 1 aromatic heterocycles. The van der Waals surface area contributed by atoms with Gasteiger partial charge < -0.3 is 9.47 Å². The minimum atomic E-state index is 0.874. The Morgan fingerprint density at radius 3 is 2.50 bits per heavy atom. The highest BCUT2D eigenvalue weighted by Gasteiger charge is 2.11. The first-order chi connectivity index (χ1) is 10.7. The Hall–Kier alpha value is -1.78. The van der Waals surface area contributed by atoms with E-state index in [0.29, 0.717) is 0 Å². The maximum Gasteiger partial charge on any atom is 0.169 e. The average molecular weight is 312 g/mol. The van der Waals surface area contributed by atoms with Crippen molar-refractivity contribution in [3.63, 3.8) is 0 Å². The summed E-state index contributed by atoms with van der Waals surface area (Å²) in [6.07, 6.45) is 0. The van der Waals surface area contributed by atoms with Gasteiger partial charge in [-0.2, -0.15) is 0 Å². The van der Waals surface area contributed by atoms with Crippen molar-refractivity contribution in [2.45, 2.75) is 11.7 Å². The van der Waals surface area contributed by atoms with E-state index in [9.17, 15) is 0 Å². The number of fused-ring (bicyclic) bond motifs is 1. The quantitative estimate of drug-likeness (QED) is 0.706. The SMILES string of the molecule is C[NH+](C)CCSc1nc2ccccc2n1Cc1ccccc1. The Morgan fingerprint density at radius 2 is 1.73 bits per heavy atom. The lowest BCUT2D eigenvalue weighted by molar-refractivity contribution is -0.855. The molecule has 0 radical (unpaired) electrons. The Morgan fingerprint density at radius 1 is 1.00 bits per heavy atom. The number of thioether (sulfide) groups is 1. The van der Waals surface area contributed by atoms with Gasteiger partial charge in [-0.25, -0.2) is 4.98 Å². The van der Waals surface area contributed by atoms with E-state index >= 15 is 0 Å². The van der Waals surface area contributed by atoms with Crippen LogP contribution < -0.4 is 4.90 Å². The molecular formula is C18H22N3S+. The third-order valence-electron chi connectivity index (χ3n) is 3.64. The molecule has 0 aliphatic rings. The molecule has 2 aromatic carbocycles. The van der Waals surface area contributed by atoms with E-state index in [1.165, 1.54) is 16.0 Å². The van der Waals surface area contributed by atoms with E-state index in [0.717, 1.165) is 29.5 Å². The fourth-order valence-corrected chi connectivity index (χ4v) is 3.60. The van der Waals surface area contributed by atoms with E-state index in [-0.39, 0.29) is 0 Å². The number of quaternary nitrogens is 1. The van der Waals surface area contributed by atoms with Gasteiger partial charge in [0.2, 0.25) is 0 Å². The first kappa shape index (κ1) is 15.1. The smallest absolute Gasteiger partial charge is 0.169 e. The van der Waals surface area contributed by atoms with Crippen LogP contribution in [0.1, 0.15) is 5.56 Å². The number of aromatic nitrogens is 2. The molecule has 0 amide bonds. The zero-order valence-corrected chi connectivity index (χ0v) is 13.9. The Labute approximate surface area is 136 Å². The summed E-state index contributed by atoms with van der Waals surface area (Å²) in [4.78, 5) is 6.29. The van der Waals surface area contributed by atoms with Crippen LogP contribution in [0.3, 0.4) is 0 Å². The van der Waals surface area contributed by atoms with Crippen LogP contribution in [0, 0.1) is 0 Å². The number of para-hydroxylation sites is 2. The van der Waals surface area contributed by atoms with E-state index in [2.05, 4.69) is 73.3 Å². The maximum atomic E-state index is 4.82. The number of benzene rings is 2. The van der Waals surface area contributed by atoms with Crippen molar-refractivity contribution < 1.29 is 4.90 Å². The number of nitrogens with one attached hydrogen (secondary N) is 1. The van der Waals surface area contributed by atoms with Gasteiger partial charge in [-0.05, 0) is 17.7 Å². The van der Waals surface area contributed by atoms with Crippen molar-refractivity contribution in [1.82, 2.24) is 9.55 Å². The summed E-state index contributed by atoms with van der Waals surface area (Å²) in [5.74, 6) is 1.08. The van der Waals surface area contributed by atoms with Gasteiger partial charge in [0.05, 0.1) is 44.0 Å². The maximum absolute atomic E-state index is 4.82. The zero-order chi connectivity index (χ0) is 15.4. The second-order valence-corrected chi connectivity index (χ2v) is 6.82. The summed E-state index contributed by atoms with van der Waals surface area (Å²) >= 11 is 1.85. The van der Waals surface area contributed by atoms with Crippen molar-refractivity contribution >= 4 is 22.8 Å². The molecule has 0 aliphatic heterocycles. The lowest BCUT2D eigenvalue weighted by Crippen LogP contribution is -3.06. The molecule has 1 N–H and O–H groups in total. The van der Waals surface area contributed by atoms with Crippen molar-refractivity contribution in [3.05, 3.63) is 60.2 Å². The highest BCUT2D eigenvalue weighted by molar-refractivity contribution is 7.99. The zero-order valence-electron chi connectivity index (χ0n) is 13.1. The van der Waals surface area contributed by atoms with E-state index in [1.54, 1.807) is 0 Å². The molecule has 0 spiro atoms. The Balaban J connectivity index is 1.91. The second-order valence-electron chi connectivity index (χ2n) is 5.76. The lowest BCUT2D eigenvalue weighted by Gasteiger charge is -2.10. The topological polar surface area (TPSA) is 22.3 Å². The molecule has 114 valence electrons. The van der Waals surface area contributed by atoms with Crippen molar-refractivity contribution in [2.24, 2.45) is 0 Å². The standard InChI is InChI=1S/C18H21N3S/c1-20(2)12-13-22-18-19-16-10-6-7-11-17(16)21(18)14-15-8-4-3-5-9-15/h3-11H,12-14H2,1-2H3/p+1. The third kappa shape index (κ3) is 3.51. The molecule has 0 fully saturated rings. The molecule has 0 atom stereocenters. The molecule has 22 heavy (non-hydrogen) atoms. The van der Waals surface area contributed by atoms with Crippen LogP contribution in [-0.4, -0.2) is 35.9 Å². The normalized spacial score (nSPS) is 11.4. The molecule has 0 unspecified atom stereocenters. The van der Waals surface area contributed by atoms with Crippen molar-refractivity contribution in [1.29, 1.82) is 0 Å². The molecule has 4 heteroatoms. The highest BCUT2D eigenvalue weighted by Crippen LogP contribution is 2.24. The molecular weight excluding hydrogens is 290 g/mol. The van der Waals surface area contributed by atoms with Gasteiger partial charge in [0, 0.05) is 0 Å². The number of imidazole rings is 1. The number of nitrogens with zero attached hydrogens (tertiary/aromatic N) is 2. The molecule has 3 aromatic rings. The minimum Gasteiger partial charge on any atom is -0.339 e. The summed E-state index contributed by atoms with van der Waals surface area (Å²) in [5, 5.41) is 1.12. The van der Waals surface area contributed by atoms with Gasteiger partial charge in [0.25, 0.3) is 0 Å². The molecule has 0 saturated carbocycles. The van der Waals surface area contributed by atoms with Crippen LogP contribution in [0.2, 0.25) is 0 Å². The fraction of sp³-hybridized carbons (Fsp3) is 0.278. The molecule has 0 aliphatic carbocycles. The van der Waals surface area contributed by atoms with Crippen molar-refractivity contribution in [3.8, 4) is 0 Å². The van der Waals surface area contributed by atoms with Gasteiger partial charge in [0.15, 0.2) is 5.16 Å².